The minimum atomic E-state index is -0.103. The molecule has 0 saturated heterocycles. The lowest BCUT2D eigenvalue weighted by Crippen LogP contribution is -2.32. The molecule has 7 heteroatoms. The molecule has 24 heavy (non-hydrogen) atoms. The van der Waals surface area contributed by atoms with E-state index in [1.807, 2.05) is 0 Å². The first-order valence-electron chi connectivity index (χ1n) is 8.11. The van der Waals surface area contributed by atoms with E-state index in [4.69, 9.17) is 9.47 Å². The maximum Gasteiger partial charge on any atom is 0.220 e. The number of amides is 1. The van der Waals surface area contributed by atoms with E-state index in [1.165, 1.54) is 0 Å². The number of carbonyl (C=O) groups excluding carboxylic acids is 2. The van der Waals surface area contributed by atoms with Crippen molar-refractivity contribution in [2.24, 2.45) is 0 Å². The summed E-state index contributed by atoms with van der Waals surface area (Å²) in [6.07, 6.45) is 1.45. The van der Waals surface area contributed by atoms with Crippen molar-refractivity contribution in [1.29, 1.82) is 0 Å². The van der Waals surface area contributed by atoms with Gasteiger partial charge in [0.05, 0.1) is 0 Å². The molecule has 0 fully saturated rings. The van der Waals surface area contributed by atoms with Gasteiger partial charge in [-0.05, 0) is 31.2 Å². The summed E-state index contributed by atoms with van der Waals surface area (Å²) in [5.74, 6) is 1.08. The second kappa shape index (κ2) is 10.9. The summed E-state index contributed by atoms with van der Waals surface area (Å²) in [6, 6.07) is 5.13. The fourth-order valence-corrected chi connectivity index (χ4v) is 2.27. The van der Waals surface area contributed by atoms with Crippen LogP contribution in [0.25, 0.3) is 0 Å². The summed E-state index contributed by atoms with van der Waals surface area (Å²) in [7, 11) is 0. The highest BCUT2D eigenvalue weighted by Gasteiger charge is 2.15. The van der Waals surface area contributed by atoms with Crippen molar-refractivity contribution >= 4 is 24.1 Å². The van der Waals surface area contributed by atoms with Crippen LogP contribution in [0.15, 0.2) is 18.2 Å². The molecule has 134 valence electrons. The minimum Gasteiger partial charge on any atom is -0.486 e. The number of hydrogen-bond donors (Lipinski definition) is 2. The predicted molar refractivity (Wildman–Crippen MR) is 94.4 cm³/mol. The lowest BCUT2D eigenvalue weighted by Gasteiger charge is -2.18. The van der Waals surface area contributed by atoms with Crippen LogP contribution in [0, 0.1) is 0 Å². The van der Waals surface area contributed by atoms with Crippen LogP contribution in [-0.4, -0.2) is 44.5 Å². The molecule has 0 aromatic heterocycles. The van der Waals surface area contributed by atoms with Crippen molar-refractivity contribution in [1.82, 2.24) is 10.6 Å². The summed E-state index contributed by atoms with van der Waals surface area (Å²) in [6.45, 7) is 5.37. The third kappa shape index (κ3) is 6.37. The number of rotatable bonds is 9. The maximum atomic E-state index is 12.2. The van der Waals surface area contributed by atoms with Crippen LogP contribution in [0.5, 0.6) is 11.5 Å². The van der Waals surface area contributed by atoms with Gasteiger partial charge in [0.2, 0.25) is 5.91 Å². The summed E-state index contributed by atoms with van der Waals surface area (Å²) < 4.78 is 10.9. The molecular weight excluding hydrogens is 332 g/mol. The molecule has 1 aromatic carbocycles. The molecule has 1 aliphatic heterocycles. The molecule has 2 N–H and O–H groups in total. The van der Waals surface area contributed by atoms with Gasteiger partial charge in [-0.15, -0.1) is 12.4 Å². The van der Waals surface area contributed by atoms with Gasteiger partial charge in [0.1, 0.15) is 13.2 Å². The Morgan fingerprint density at radius 3 is 2.54 bits per heavy atom. The second-order valence-electron chi connectivity index (χ2n) is 5.38. The van der Waals surface area contributed by atoms with E-state index in [0.29, 0.717) is 36.8 Å². The Balaban J connectivity index is 0.00000288. The molecule has 6 nitrogen and oxygen atoms in total. The van der Waals surface area contributed by atoms with Gasteiger partial charge >= 0.3 is 0 Å². The number of ketones is 1. The number of carbonyl (C=O) groups is 2. The zero-order valence-electron chi connectivity index (χ0n) is 13.9. The molecule has 2 rings (SSSR count). The molecule has 1 aromatic rings. The number of hydrogen-bond acceptors (Lipinski definition) is 5. The molecule has 1 heterocycles. The van der Waals surface area contributed by atoms with Gasteiger partial charge in [-0.25, -0.2) is 0 Å². The van der Waals surface area contributed by atoms with Crippen LogP contribution >= 0.6 is 12.4 Å². The Kier molecular flexibility index (Phi) is 9.19. The Labute approximate surface area is 148 Å². The van der Waals surface area contributed by atoms with Crippen LogP contribution in [0.2, 0.25) is 0 Å². The smallest absolute Gasteiger partial charge is 0.220 e. The molecule has 0 atom stereocenters. The first-order valence-corrected chi connectivity index (χ1v) is 8.11. The third-order valence-electron chi connectivity index (χ3n) is 3.49. The summed E-state index contributed by atoms with van der Waals surface area (Å²) >= 11 is 0. The van der Waals surface area contributed by atoms with E-state index in [9.17, 15) is 9.59 Å². The Morgan fingerprint density at radius 2 is 1.79 bits per heavy atom. The molecule has 0 bridgehead atoms. The van der Waals surface area contributed by atoms with Crippen LogP contribution < -0.4 is 20.1 Å². The summed E-state index contributed by atoms with van der Waals surface area (Å²) in [5.41, 5.74) is 0.548. The number of ether oxygens (including phenoxy) is 2. The fourth-order valence-electron chi connectivity index (χ4n) is 2.27. The highest BCUT2D eigenvalue weighted by atomic mass is 35.5. The molecule has 0 unspecified atom stereocenters. The van der Waals surface area contributed by atoms with Gasteiger partial charge < -0.3 is 20.1 Å². The molecule has 0 spiro atoms. The number of benzene rings is 1. The lowest BCUT2D eigenvalue weighted by molar-refractivity contribution is -0.121. The number of fused-ring (bicyclic) bond motifs is 1. The van der Waals surface area contributed by atoms with Crippen LogP contribution in [0.3, 0.4) is 0 Å². The average molecular weight is 357 g/mol. The first-order chi connectivity index (χ1) is 11.2. The maximum absolute atomic E-state index is 12.2. The Bertz CT molecular complexity index is 551. The van der Waals surface area contributed by atoms with Crippen molar-refractivity contribution in [3.8, 4) is 11.5 Å². The highest BCUT2D eigenvalue weighted by Crippen LogP contribution is 2.31. The molecule has 1 amide bonds. The highest BCUT2D eigenvalue weighted by molar-refractivity contribution is 5.98. The molecule has 1 aliphatic rings. The zero-order valence-corrected chi connectivity index (χ0v) is 14.7. The van der Waals surface area contributed by atoms with Crippen molar-refractivity contribution in [3.63, 3.8) is 0 Å². The standard InChI is InChI=1S/C17H24N2O4.ClH/c1-2-7-18-8-9-19-17(21)6-4-14(20)13-3-5-15-16(12-13)23-11-10-22-15;/h3,5,12,18H,2,4,6-11H2,1H3,(H,19,21);1H. The molecular formula is C17H25ClN2O4. The molecule has 0 saturated carbocycles. The van der Waals surface area contributed by atoms with Gasteiger partial charge in [-0.1, -0.05) is 6.92 Å². The van der Waals surface area contributed by atoms with Crippen LogP contribution in [0.1, 0.15) is 36.5 Å². The van der Waals surface area contributed by atoms with E-state index in [-0.39, 0.29) is 36.9 Å². The number of nitrogens with one attached hydrogen (secondary N) is 2. The summed E-state index contributed by atoms with van der Waals surface area (Å²) in [5, 5.41) is 6.00. The quantitative estimate of drug-likeness (QED) is 0.522. The molecule has 0 radical (unpaired) electrons. The van der Waals surface area contributed by atoms with Crippen LogP contribution in [-0.2, 0) is 4.79 Å². The van der Waals surface area contributed by atoms with Crippen molar-refractivity contribution < 1.29 is 19.1 Å². The van der Waals surface area contributed by atoms with Gasteiger partial charge in [-0.3, -0.25) is 9.59 Å². The van der Waals surface area contributed by atoms with E-state index in [0.717, 1.165) is 19.5 Å². The number of Topliss-reactive ketones (excluding diaryl/α,β-unsaturated/α-hetero) is 1. The third-order valence-corrected chi connectivity index (χ3v) is 3.49. The van der Waals surface area contributed by atoms with Gasteiger partial charge in [0, 0.05) is 31.5 Å². The largest absolute Gasteiger partial charge is 0.486 e. The fraction of sp³-hybridized carbons (Fsp3) is 0.529. The lowest BCUT2D eigenvalue weighted by atomic mass is 10.1. The Morgan fingerprint density at radius 1 is 1.04 bits per heavy atom. The number of halogens is 1. The van der Waals surface area contributed by atoms with Gasteiger partial charge in [0.25, 0.3) is 0 Å². The van der Waals surface area contributed by atoms with Crippen molar-refractivity contribution in [3.05, 3.63) is 23.8 Å². The van der Waals surface area contributed by atoms with Gasteiger partial charge in [-0.2, -0.15) is 0 Å². The average Bonchev–Trinajstić information content (AvgIpc) is 2.59. The first kappa shape index (κ1) is 20.3. The predicted octanol–water partition coefficient (Wildman–Crippen LogP) is 1.96. The van der Waals surface area contributed by atoms with Crippen molar-refractivity contribution in [2.45, 2.75) is 26.2 Å². The van der Waals surface area contributed by atoms with Crippen molar-refractivity contribution in [2.75, 3.05) is 32.8 Å². The van der Waals surface area contributed by atoms with Crippen LogP contribution in [0.4, 0.5) is 0 Å². The minimum absolute atomic E-state index is 0. The van der Waals surface area contributed by atoms with E-state index in [1.54, 1.807) is 18.2 Å². The topological polar surface area (TPSA) is 76.7 Å². The van der Waals surface area contributed by atoms with Gasteiger partial charge in [0.15, 0.2) is 17.3 Å². The van der Waals surface area contributed by atoms with E-state index in [2.05, 4.69) is 17.6 Å². The van der Waals surface area contributed by atoms with E-state index < -0.39 is 0 Å². The summed E-state index contributed by atoms with van der Waals surface area (Å²) in [4.78, 5) is 23.9. The SMILES string of the molecule is CCCNCCNC(=O)CCC(=O)c1ccc2c(c1)OCCO2.Cl. The normalized spacial score (nSPS) is 12.2. The monoisotopic (exact) mass is 356 g/mol. The molecule has 0 aliphatic carbocycles. The zero-order chi connectivity index (χ0) is 16.5. The van der Waals surface area contributed by atoms with E-state index >= 15 is 0 Å². The Hall–Kier alpha value is -1.79. The second-order valence-corrected chi connectivity index (χ2v) is 5.38.